The Labute approximate surface area is 74.0 Å². The Kier molecular flexibility index (Phi) is 5.44. The van der Waals surface area contributed by atoms with Gasteiger partial charge in [0.15, 0.2) is 0 Å². The molecule has 0 radical (unpaired) electrons. The summed E-state index contributed by atoms with van der Waals surface area (Å²) in [4.78, 5) is 0. The minimum atomic E-state index is -3.05. The van der Waals surface area contributed by atoms with E-state index in [4.69, 9.17) is 5.11 Å². The Hall–Kier alpha value is -0.130. The lowest BCUT2D eigenvalue weighted by Gasteiger charge is -2.05. The zero-order chi connectivity index (χ0) is 9.61. The highest BCUT2D eigenvalue weighted by Crippen LogP contribution is 1.94. The Balaban J connectivity index is 3.45. The van der Waals surface area contributed by atoms with E-state index in [0.717, 1.165) is 0 Å². The third kappa shape index (κ3) is 6.57. The largest absolute Gasteiger partial charge is 0.393 e. The van der Waals surface area contributed by atoms with Crippen molar-refractivity contribution in [1.82, 2.24) is 4.72 Å². The molecular weight excluding hydrogens is 178 g/mol. The molecule has 0 aromatic heterocycles. The maximum atomic E-state index is 10.9. The topological polar surface area (TPSA) is 66.4 Å². The van der Waals surface area contributed by atoms with E-state index < -0.39 is 10.0 Å². The van der Waals surface area contributed by atoms with Gasteiger partial charge in [0.05, 0.1) is 11.9 Å². The third-order valence-electron chi connectivity index (χ3n) is 1.50. The van der Waals surface area contributed by atoms with Crippen molar-refractivity contribution >= 4 is 10.0 Å². The second-order valence-electron chi connectivity index (χ2n) is 2.79. The number of hydrogen-bond acceptors (Lipinski definition) is 3. The lowest BCUT2D eigenvalue weighted by molar-refractivity contribution is 0.182. The van der Waals surface area contributed by atoms with Crippen LogP contribution in [-0.2, 0) is 10.0 Å². The van der Waals surface area contributed by atoms with Gasteiger partial charge in [-0.25, -0.2) is 13.1 Å². The summed E-state index contributed by atoms with van der Waals surface area (Å²) in [5.74, 6) is 0.113. The Morgan fingerprint density at radius 2 is 2.08 bits per heavy atom. The van der Waals surface area contributed by atoms with Crippen molar-refractivity contribution in [3.8, 4) is 0 Å². The smallest absolute Gasteiger partial charge is 0.211 e. The lowest BCUT2D eigenvalue weighted by atomic mass is 10.2. The van der Waals surface area contributed by atoms with Crippen LogP contribution in [0.3, 0.4) is 0 Å². The van der Waals surface area contributed by atoms with Gasteiger partial charge in [0, 0.05) is 6.54 Å². The molecule has 1 unspecified atom stereocenters. The molecule has 0 saturated heterocycles. The number of hydrogen-bond donors (Lipinski definition) is 2. The molecule has 0 aromatic carbocycles. The van der Waals surface area contributed by atoms with Gasteiger partial charge in [-0.15, -0.1) is 0 Å². The molecule has 0 rings (SSSR count). The lowest BCUT2D eigenvalue weighted by Crippen LogP contribution is -2.26. The van der Waals surface area contributed by atoms with Gasteiger partial charge in [0.1, 0.15) is 0 Å². The molecular formula is C7H17NO3S. The first-order valence-electron chi connectivity index (χ1n) is 4.13. The molecule has 0 bridgehead atoms. The molecule has 0 aromatic rings. The summed E-state index contributed by atoms with van der Waals surface area (Å²) in [5.41, 5.74) is 0. The predicted molar refractivity (Wildman–Crippen MR) is 48.4 cm³/mol. The van der Waals surface area contributed by atoms with Crippen LogP contribution in [0.15, 0.2) is 0 Å². The van der Waals surface area contributed by atoms with Gasteiger partial charge in [-0.3, -0.25) is 0 Å². The fraction of sp³-hybridized carbons (Fsp3) is 1.00. The van der Waals surface area contributed by atoms with Gasteiger partial charge >= 0.3 is 0 Å². The predicted octanol–water partition coefficient (Wildman–Crippen LogP) is 0.0867. The molecule has 0 saturated carbocycles. The first-order chi connectivity index (χ1) is 5.48. The van der Waals surface area contributed by atoms with E-state index >= 15 is 0 Å². The van der Waals surface area contributed by atoms with Crippen LogP contribution in [0.4, 0.5) is 0 Å². The molecule has 12 heavy (non-hydrogen) atoms. The van der Waals surface area contributed by atoms with Crippen molar-refractivity contribution in [3.63, 3.8) is 0 Å². The van der Waals surface area contributed by atoms with E-state index in [2.05, 4.69) is 4.72 Å². The molecule has 0 heterocycles. The number of sulfonamides is 1. The van der Waals surface area contributed by atoms with Crippen molar-refractivity contribution in [2.45, 2.75) is 32.8 Å². The molecule has 1 atom stereocenters. The van der Waals surface area contributed by atoms with Gasteiger partial charge in [-0.2, -0.15) is 0 Å². The Morgan fingerprint density at radius 1 is 1.50 bits per heavy atom. The minimum absolute atomic E-state index is 0.113. The van der Waals surface area contributed by atoms with Crippen molar-refractivity contribution in [2.24, 2.45) is 0 Å². The highest BCUT2D eigenvalue weighted by atomic mass is 32.2. The second-order valence-corrected chi connectivity index (χ2v) is 4.88. The van der Waals surface area contributed by atoms with Crippen LogP contribution in [0.1, 0.15) is 26.7 Å². The third-order valence-corrected chi connectivity index (χ3v) is 2.90. The zero-order valence-electron chi connectivity index (χ0n) is 7.58. The fourth-order valence-corrected chi connectivity index (χ4v) is 1.39. The summed E-state index contributed by atoms with van der Waals surface area (Å²) in [7, 11) is -3.05. The van der Waals surface area contributed by atoms with Crippen molar-refractivity contribution in [1.29, 1.82) is 0 Å². The Morgan fingerprint density at radius 3 is 2.50 bits per heavy atom. The van der Waals surface area contributed by atoms with E-state index in [9.17, 15) is 8.42 Å². The molecule has 0 aliphatic carbocycles. The average molecular weight is 195 g/mol. The number of aliphatic hydroxyl groups is 1. The molecule has 0 aliphatic heterocycles. The summed E-state index contributed by atoms with van der Waals surface area (Å²) >= 11 is 0. The minimum Gasteiger partial charge on any atom is -0.393 e. The van der Waals surface area contributed by atoms with Crippen LogP contribution in [0.5, 0.6) is 0 Å². The molecule has 74 valence electrons. The van der Waals surface area contributed by atoms with E-state index in [0.29, 0.717) is 19.4 Å². The normalized spacial score (nSPS) is 14.6. The van der Waals surface area contributed by atoms with Gasteiger partial charge in [0.25, 0.3) is 0 Å². The van der Waals surface area contributed by atoms with Gasteiger partial charge in [0.2, 0.25) is 10.0 Å². The maximum Gasteiger partial charge on any atom is 0.211 e. The van der Waals surface area contributed by atoms with Crippen LogP contribution in [-0.4, -0.2) is 31.9 Å². The summed E-state index contributed by atoms with van der Waals surface area (Å²) in [6.07, 6.45) is 0.958. The van der Waals surface area contributed by atoms with Crippen LogP contribution in [0, 0.1) is 0 Å². The van der Waals surface area contributed by atoms with Gasteiger partial charge < -0.3 is 5.11 Å². The van der Waals surface area contributed by atoms with E-state index in [1.807, 2.05) is 0 Å². The average Bonchev–Trinajstić information content (AvgIpc) is 1.98. The van der Waals surface area contributed by atoms with Crippen molar-refractivity contribution < 1.29 is 13.5 Å². The van der Waals surface area contributed by atoms with Crippen molar-refractivity contribution in [2.75, 3.05) is 12.3 Å². The molecule has 0 fully saturated rings. The highest BCUT2D eigenvalue weighted by Gasteiger charge is 2.04. The first-order valence-corrected chi connectivity index (χ1v) is 5.78. The summed E-state index contributed by atoms with van der Waals surface area (Å²) in [6, 6.07) is 0. The van der Waals surface area contributed by atoms with E-state index in [-0.39, 0.29) is 11.9 Å². The molecule has 0 spiro atoms. The first kappa shape index (κ1) is 11.9. The molecule has 2 N–H and O–H groups in total. The summed E-state index contributed by atoms with van der Waals surface area (Å²) in [6.45, 7) is 3.70. The molecule has 4 nitrogen and oxygen atoms in total. The highest BCUT2D eigenvalue weighted by molar-refractivity contribution is 7.89. The maximum absolute atomic E-state index is 10.9. The standard InChI is InChI=1S/C7H17NO3S/c1-3-12(10,11)8-6-4-5-7(2)9/h7-9H,3-6H2,1-2H3. The van der Waals surface area contributed by atoms with Crippen molar-refractivity contribution in [3.05, 3.63) is 0 Å². The quantitative estimate of drug-likeness (QED) is 0.590. The van der Waals surface area contributed by atoms with Crippen LogP contribution in [0.2, 0.25) is 0 Å². The SMILES string of the molecule is CCS(=O)(=O)NCCCC(C)O. The fourth-order valence-electron chi connectivity index (χ4n) is 0.727. The zero-order valence-corrected chi connectivity index (χ0v) is 8.39. The monoisotopic (exact) mass is 195 g/mol. The second kappa shape index (κ2) is 5.50. The number of rotatable bonds is 6. The van der Waals surface area contributed by atoms with Crippen LogP contribution in [0.25, 0.3) is 0 Å². The molecule has 0 aliphatic rings. The molecule has 5 heteroatoms. The van der Waals surface area contributed by atoms with Gasteiger partial charge in [-0.1, -0.05) is 0 Å². The Bertz CT molecular complexity index is 199. The number of aliphatic hydroxyl groups excluding tert-OH is 1. The summed E-state index contributed by atoms with van der Waals surface area (Å²) < 4.78 is 24.2. The van der Waals surface area contributed by atoms with Crippen LogP contribution >= 0.6 is 0 Å². The van der Waals surface area contributed by atoms with E-state index in [1.54, 1.807) is 13.8 Å². The number of nitrogens with one attached hydrogen (secondary N) is 1. The summed E-state index contributed by atoms with van der Waals surface area (Å²) in [5, 5.41) is 8.86. The van der Waals surface area contributed by atoms with Crippen LogP contribution < -0.4 is 4.72 Å². The van der Waals surface area contributed by atoms with E-state index in [1.165, 1.54) is 0 Å². The van der Waals surface area contributed by atoms with Gasteiger partial charge in [-0.05, 0) is 26.7 Å². The molecule has 0 amide bonds.